The number of rotatable bonds is 2. The van der Waals surface area contributed by atoms with Gasteiger partial charge in [-0.05, 0) is 23.3 Å². The summed E-state index contributed by atoms with van der Waals surface area (Å²) in [7, 11) is 0. The van der Waals surface area contributed by atoms with E-state index in [9.17, 15) is 9.90 Å². The Labute approximate surface area is 117 Å². The molecular weight excluding hydrogens is 250 g/mol. The molecule has 20 heavy (non-hydrogen) atoms. The lowest BCUT2D eigenvalue weighted by molar-refractivity contribution is -0.131. The second-order valence-electron chi connectivity index (χ2n) is 4.91. The highest BCUT2D eigenvalue weighted by molar-refractivity contribution is 6.05. The van der Waals surface area contributed by atoms with Crippen LogP contribution in [0.2, 0.25) is 0 Å². The molecule has 0 bridgehead atoms. The molecule has 1 fully saturated rings. The Bertz CT molecular complexity index is 651. The molecule has 0 aliphatic carbocycles. The summed E-state index contributed by atoms with van der Waals surface area (Å²) in [6.45, 7) is 4.23. The molecular formula is C17H15NO2. The van der Waals surface area contributed by atoms with E-state index >= 15 is 0 Å². The SMILES string of the molecule is C=C1CN(c2ccccc2)C(=O)C1(O)c1ccccc1. The lowest BCUT2D eigenvalue weighted by atomic mass is 9.89. The van der Waals surface area contributed by atoms with Crippen LogP contribution in [-0.4, -0.2) is 17.6 Å². The van der Waals surface area contributed by atoms with Crippen molar-refractivity contribution in [1.29, 1.82) is 0 Å². The van der Waals surface area contributed by atoms with E-state index in [-0.39, 0.29) is 5.91 Å². The molecule has 0 aromatic heterocycles. The molecule has 3 heteroatoms. The number of hydrogen-bond donors (Lipinski definition) is 1. The third kappa shape index (κ3) is 1.75. The van der Waals surface area contributed by atoms with E-state index in [0.29, 0.717) is 17.7 Å². The van der Waals surface area contributed by atoms with Gasteiger partial charge in [-0.15, -0.1) is 0 Å². The van der Waals surface area contributed by atoms with Gasteiger partial charge in [0.2, 0.25) is 0 Å². The summed E-state index contributed by atoms with van der Waals surface area (Å²) < 4.78 is 0. The van der Waals surface area contributed by atoms with Crippen molar-refractivity contribution in [2.24, 2.45) is 0 Å². The third-order valence-corrected chi connectivity index (χ3v) is 3.67. The summed E-state index contributed by atoms with van der Waals surface area (Å²) in [6, 6.07) is 18.3. The minimum absolute atomic E-state index is 0.328. The van der Waals surface area contributed by atoms with Crippen LogP contribution in [0.4, 0.5) is 5.69 Å². The Kier molecular flexibility index (Phi) is 2.92. The molecule has 1 atom stereocenters. The number of benzene rings is 2. The number of nitrogens with zero attached hydrogens (tertiary/aromatic N) is 1. The van der Waals surface area contributed by atoms with Crippen LogP contribution in [0, 0.1) is 0 Å². The molecule has 1 N–H and O–H groups in total. The monoisotopic (exact) mass is 265 g/mol. The zero-order valence-corrected chi connectivity index (χ0v) is 11.0. The van der Waals surface area contributed by atoms with Crippen LogP contribution >= 0.6 is 0 Å². The van der Waals surface area contributed by atoms with Crippen molar-refractivity contribution in [3.05, 3.63) is 78.4 Å². The maximum atomic E-state index is 12.7. The van der Waals surface area contributed by atoms with E-state index in [1.54, 1.807) is 29.2 Å². The molecule has 1 heterocycles. The number of aliphatic hydroxyl groups is 1. The average Bonchev–Trinajstić information content (AvgIpc) is 2.74. The van der Waals surface area contributed by atoms with Crippen molar-refractivity contribution < 1.29 is 9.90 Å². The molecule has 1 aliphatic rings. The molecule has 1 unspecified atom stereocenters. The van der Waals surface area contributed by atoms with E-state index in [0.717, 1.165) is 5.69 Å². The molecule has 0 radical (unpaired) electrons. The van der Waals surface area contributed by atoms with Gasteiger partial charge in [-0.3, -0.25) is 4.79 Å². The van der Waals surface area contributed by atoms with Crippen LogP contribution in [-0.2, 0) is 10.4 Å². The first-order valence-electron chi connectivity index (χ1n) is 6.47. The fourth-order valence-corrected chi connectivity index (χ4v) is 2.55. The molecule has 3 rings (SSSR count). The second-order valence-corrected chi connectivity index (χ2v) is 4.91. The van der Waals surface area contributed by atoms with Crippen molar-refractivity contribution in [1.82, 2.24) is 0 Å². The summed E-state index contributed by atoms with van der Waals surface area (Å²) in [4.78, 5) is 14.2. The highest BCUT2D eigenvalue weighted by Gasteiger charge is 2.49. The van der Waals surface area contributed by atoms with Crippen LogP contribution in [0.1, 0.15) is 5.56 Å². The van der Waals surface area contributed by atoms with Crippen LogP contribution in [0.3, 0.4) is 0 Å². The number of anilines is 1. The largest absolute Gasteiger partial charge is 0.372 e. The molecule has 2 aromatic carbocycles. The first-order chi connectivity index (χ1) is 9.64. The van der Waals surface area contributed by atoms with Crippen LogP contribution < -0.4 is 4.90 Å². The van der Waals surface area contributed by atoms with E-state index in [1.165, 1.54) is 0 Å². The average molecular weight is 265 g/mol. The van der Waals surface area contributed by atoms with Crippen LogP contribution in [0.25, 0.3) is 0 Å². The van der Waals surface area contributed by atoms with Gasteiger partial charge < -0.3 is 10.0 Å². The molecule has 1 saturated heterocycles. The van der Waals surface area contributed by atoms with Crippen LogP contribution in [0.15, 0.2) is 72.8 Å². The van der Waals surface area contributed by atoms with Gasteiger partial charge in [0.25, 0.3) is 5.91 Å². The minimum atomic E-state index is -1.63. The predicted molar refractivity (Wildman–Crippen MR) is 78.3 cm³/mol. The van der Waals surface area contributed by atoms with E-state index in [2.05, 4.69) is 6.58 Å². The van der Waals surface area contributed by atoms with Gasteiger partial charge in [-0.25, -0.2) is 0 Å². The minimum Gasteiger partial charge on any atom is -0.372 e. The first kappa shape index (κ1) is 12.6. The smallest absolute Gasteiger partial charge is 0.268 e. The topological polar surface area (TPSA) is 40.5 Å². The number of para-hydroxylation sites is 1. The molecule has 2 aromatic rings. The number of carbonyl (C=O) groups excluding carboxylic acids is 1. The van der Waals surface area contributed by atoms with Crippen molar-refractivity contribution in [2.75, 3.05) is 11.4 Å². The summed E-state index contributed by atoms with van der Waals surface area (Å²) >= 11 is 0. The molecule has 1 amide bonds. The summed E-state index contributed by atoms with van der Waals surface area (Å²) in [5.74, 6) is -0.347. The van der Waals surface area contributed by atoms with Gasteiger partial charge in [0.15, 0.2) is 5.60 Å². The maximum absolute atomic E-state index is 12.7. The van der Waals surface area contributed by atoms with Crippen LogP contribution in [0.5, 0.6) is 0 Å². The molecule has 100 valence electrons. The zero-order valence-electron chi connectivity index (χ0n) is 11.0. The van der Waals surface area contributed by atoms with E-state index in [4.69, 9.17) is 0 Å². The Morgan fingerprint density at radius 2 is 1.55 bits per heavy atom. The van der Waals surface area contributed by atoms with Gasteiger partial charge in [-0.1, -0.05) is 55.1 Å². The van der Waals surface area contributed by atoms with Gasteiger partial charge >= 0.3 is 0 Å². The first-order valence-corrected chi connectivity index (χ1v) is 6.47. The van der Waals surface area contributed by atoms with Crippen molar-refractivity contribution >= 4 is 11.6 Å². The summed E-state index contributed by atoms with van der Waals surface area (Å²) in [5.41, 5.74) is 0.202. The number of amides is 1. The molecule has 0 saturated carbocycles. The fourth-order valence-electron chi connectivity index (χ4n) is 2.55. The third-order valence-electron chi connectivity index (χ3n) is 3.67. The van der Waals surface area contributed by atoms with Gasteiger partial charge in [-0.2, -0.15) is 0 Å². The Hall–Kier alpha value is -2.39. The highest BCUT2D eigenvalue weighted by atomic mass is 16.3. The summed E-state index contributed by atoms with van der Waals surface area (Å²) in [6.07, 6.45) is 0. The number of hydrogen-bond acceptors (Lipinski definition) is 2. The quantitative estimate of drug-likeness (QED) is 0.847. The predicted octanol–water partition coefficient (Wildman–Crippen LogP) is 2.48. The highest BCUT2D eigenvalue weighted by Crippen LogP contribution is 2.38. The lowest BCUT2D eigenvalue weighted by Crippen LogP contribution is -2.38. The van der Waals surface area contributed by atoms with Crippen molar-refractivity contribution in [3.63, 3.8) is 0 Å². The lowest BCUT2D eigenvalue weighted by Gasteiger charge is -2.23. The van der Waals surface area contributed by atoms with Gasteiger partial charge in [0.05, 0.1) is 6.54 Å². The van der Waals surface area contributed by atoms with Gasteiger partial charge in [0.1, 0.15) is 0 Å². The molecule has 1 aliphatic heterocycles. The van der Waals surface area contributed by atoms with Crippen molar-refractivity contribution in [2.45, 2.75) is 5.60 Å². The van der Waals surface area contributed by atoms with E-state index in [1.807, 2.05) is 36.4 Å². The van der Waals surface area contributed by atoms with Gasteiger partial charge in [0, 0.05) is 5.69 Å². The standard InChI is InChI=1S/C17H15NO2/c1-13-12-18(15-10-6-3-7-11-15)16(19)17(13,20)14-8-4-2-5-9-14/h2-11,20H,1,12H2. The number of carbonyl (C=O) groups is 1. The molecule has 0 spiro atoms. The normalized spacial score (nSPS) is 22.4. The molecule has 3 nitrogen and oxygen atoms in total. The Balaban J connectivity index is 2.04. The Morgan fingerprint density at radius 3 is 2.15 bits per heavy atom. The maximum Gasteiger partial charge on any atom is 0.268 e. The zero-order chi connectivity index (χ0) is 14.2. The Morgan fingerprint density at radius 1 is 1.00 bits per heavy atom. The fraction of sp³-hybridized carbons (Fsp3) is 0.118. The summed E-state index contributed by atoms with van der Waals surface area (Å²) in [5, 5.41) is 10.8. The van der Waals surface area contributed by atoms with E-state index < -0.39 is 5.60 Å². The second kappa shape index (κ2) is 4.62. The van der Waals surface area contributed by atoms with Crippen molar-refractivity contribution in [3.8, 4) is 0 Å².